The maximum Gasteiger partial charge on any atom is 0.347 e. The van der Waals surface area contributed by atoms with E-state index < -0.39 is 12.1 Å². The van der Waals surface area contributed by atoms with Crippen molar-refractivity contribution in [3.05, 3.63) is 76.0 Å². The first kappa shape index (κ1) is 24.2. The lowest BCUT2D eigenvalue weighted by atomic mass is 10.1. The number of fused-ring (bicyclic) bond motifs is 1. The highest BCUT2D eigenvalue weighted by Gasteiger charge is 2.24. The summed E-state index contributed by atoms with van der Waals surface area (Å²) < 4.78 is 14.4. The van der Waals surface area contributed by atoms with E-state index in [0.29, 0.717) is 34.8 Å². The molecule has 3 aromatic heterocycles. The first-order valence-electron chi connectivity index (χ1n) is 11.8. The van der Waals surface area contributed by atoms with Crippen LogP contribution < -0.4 is 10.3 Å². The summed E-state index contributed by atoms with van der Waals surface area (Å²) in [6.07, 6.45) is 2.12. The molecule has 0 fully saturated rings. The van der Waals surface area contributed by atoms with Crippen molar-refractivity contribution in [3.63, 3.8) is 0 Å². The number of esters is 1. The van der Waals surface area contributed by atoms with E-state index in [9.17, 15) is 9.59 Å². The number of hydrogen-bond donors (Lipinski definition) is 0. The molecule has 3 heterocycles. The molecule has 0 N–H and O–H groups in total. The summed E-state index contributed by atoms with van der Waals surface area (Å²) in [4.78, 5) is 30.6. The van der Waals surface area contributed by atoms with Gasteiger partial charge in [0.25, 0.3) is 5.56 Å². The summed E-state index contributed by atoms with van der Waals surface area (Å²) in [5, 5.41) is 4.72. The van der Waals surface area contributed by atoms with E-state index in [2.05, 4.69) is 0 Å². The number of rotatable bonds is 8. The fourth-order valence-corrected chi connectivity index (χ4v) is 4.05. The molecule has 35 heavy (non-hydrogen) atoms. The SMILES string of the molecule is CCCC(Oc1cccn2c(=O)c(-c3cc(C)n(-c4ccc(C)cc4)n3)c(C)nc12)C(=O)OCC. The largest absolute Gasteiger partial charge is 0.475 e. The van der Waals surface area contributed by atoms with E-state index >= 15 is 0 Å². The van der Waals surface area contributed by atoms with Crippen LogP contribution in [0.25, 0.3) is 22.6 Å². The summed E-state index contributed by atoms with van der Waals surface area (Å²) in [5.74, 6) is -0.0729. The Bertz CT molecular complexity index is 1420. The maximum atomic E-state index is 13.6. The van der Waals surface area contributed by atoms with Gasteiger partial charge < -0.3 is 9.47 Å². The van der Waals surface area contributed by atoms with Crippen molar-refractivity contribution in [2.45, 2.75) is 53.6 Å². The molecule has 0 spiro atoms. The van der Waals surface area contributed by atoms with Crippen molar-refractivity contribution in [3.8, 4) is 22.7 Å². The standard InChI is InChI=1S/C27H30N4O4/c1-6-9-23(27(33)34-7-2)35-22-10-8-15-30-25(22)28-19(5)24(26(30)32)21-16-18(4)31(29-21)20-13-11-17(3)12-14-20/h8,10-16,23H,6-7,9H2,1-5H3. The van der Waals surface area contributed by atoms with E-state index in [1.54, 1.807) is 32.2 Å². The van der Waals surface area contributed by atoms with Crippen LogP contribution in [0, 0.1) is 20.8 Å². The molecule has 8 nitrogen and oxygen atoms in total. The summed E-state index contributed by atoms with van der Waals surface area (Å²) in [6, 6.07) is 13.3. The smallest absolute Gasteiger partial charge is 0.347 e. The van der Waals surface area contributed by atoms with Crippen molar-refractivity contribution in [1.29, 1.82) is 0 Å². The Morgan fingerprint density at radius 3 is 2.51 bits per heavy atom. The molecule has 8 heteroatoms. The van der Waals surface area contributed by atoms with Crippen LogP contribution in [-0.4, -0.2) is 37.8 Å². The number of carbonyl (C=O) groups is 1. The summed E-state index contributed by atoms with van der Waals surface area (Å²) in [5.41, 5.74) is 4.58. The lowest BCUT2D eigenvalue weighted by Gasteiger charge is -2.18. The Morgan fingerprint density at radius 2 is 1.83 bits per heavy atom. The number of aryl methyl sites for hydroxylation is 3. The molecule has 0 radical (unpaired) electrons. The zero-order valence-corrected chi connectivity index (χ0v) is 20.7. The van der Waals surface area contributed by atoms with E-state index in [0.717, 1.165) is 23.4 Å². The molecule has 0 aliphatic rings. The third kappa shape index (κ3) is 4.82. The van der Waals surface area contributed by atoms with Gasteiger partial charge in [0.15, 0.2) is 17.5 Å². The van der Waals surface area contributed by atoms with E-state index in [1.165, 1.54) is 4.40 Å². The number of pyridine rings is 1. The molecule has 0 bridgehead atoms. The van der Waals surface area contributed by atoms with Gasteiger partial charge in [0.2, 0.25) is 0 Å². The Balaban J connectivity index is 1.78. The third-order valence-electron chi connectivity index (χ3n) is 5.79. The van der Waals surface area contributed by atoms with Gasteiger partial charge in [-0.1, -0.05) is 31.0 Å². The van der Waals surface area contributed by atoms with E-state index in [4.69, 9.17) is 19.6 Å². The van der Waals surface area contributed by atoms with E-state index in [1.807, 2.05) is 55.8 Å². The Labute approximate surface area is 204 Å². The van der Waals surface area contributed by atoms with Gasteiger partial charge in [-0.05, 0) is 64.4 Å². The van der Waals surface area contributed by atoms with Crippen molar-refractivity contribution < 1.29 is 14.3 Å². The van der Waals surface area contributed by atoms with Gasteiger partial charge in [0.1, 0.15) is 5.69 Å². The van der Waals surface area contributed by atoms with Gasteiger partial charge in [0, 0.05) is 11.9 Å². The van der Waals surface area contributed by atoms with Gasteiger partial charge in [-0.25, -0.2) is 14.5 Å². The molecule has 0 aliphatic heterocycles. The van der Waals surface area contributed by atoms with Gasteiger partial charge in [-0.2, -0.15) is 5.10 Å². The molecule has 4 aromatic rings. The highest BCUT2D eigenvalue weighted by atomic mass is 16.6. The van der Waals surface area contributed by atoms with Crippen LogP contribution >= 0.6 is 0 Å². The van der Waals surface area contributed by atoms with Crippen LogP contribution in [0.5, 0.6) is 5.75 Å². The average Bonchev–Trinajstić information content (AvgIpc) is 3.21. The van der Waals surface area contributed by atoms with Gasteiger partial charge in [0.05, 0.1) is 23.6 Å². The normalized spacial score (nSPS) is 12.0. The quantitative estimate of drug-likeness (QED) is 0.347. The molecule has 1 unspecified atom stereocenters. The van der Waals surface area contributed by atoms with Crippen LogP contribution in [0.2, 0.25) is 0 Å². The Kier molecular flexibility index (Phi) is 7.00. The molecule has 0 aliphatic carbocycles. The van der Waals surface area contributed by atoms with Gasteiger partial charge in [-0.15, -0.1) is 0 Å². The highest BCUT2D eigenvalue weighted by molar-refractivity contribution is 5.75. The van der Waals surface area contributed by atoms with Crippen molar-refractivity contribution in [2.24, 2.45) is 0 Å². The predicted molar refractivity (Wildman–Crippen MR) is 134 cm³/mol. The van der Waals surface area contributed by atoms with Crippen molar-refractivity contribution in [2.75, 3.05) is 6.61 Å². The van der Waals surface area contributed by atoms with Gasteiger partial charge in [-0.3, -0.25) is 9.20 Å². The molecule has 4 rings (SSSR count). The summed E-state index contributed by atoms with van der Waals surface area (Å²) in [7, 11) is 0. The fraction of sp³-hybridized carbons (Fsp3) is 0.333. The fourth-order valence-electron chi connectivity index (χ4n) is 4.05. The van der Waals surface area contributed by atoms with Crippen LogP contribution in [0.4, 0.5) is 0 Å². The predicted octanol–water partition coefficient (Wildman–Crippen LogP) is 4.58. The number of ether oxygens (including phenoxy) is 2. The number of carbonyl (C=O) groups excluding carboxylic acids is 1. The maximum absolute atomic E-state index is 13.6. The number of benzene rings is 1. The van der Waals surface area contributed by atoms with Gasteiger partial charge >= 0.3 is 5.97 Å². The second-order valence-corrected chi connectivity index (χ2v) is 8.51. The van der Waals surface area contributed by atoms with E-state index in [-0.39, 0.29) is 12.2 Å². The molecule has 0 amide bonds. The van der Waals surface area contributed by atoms with Crippen LogP contribution in [0.3, 0.4) is 0 Å². The molecule has 1 atom stereocenters. The number of hydrogen-bond acceptors (Lipinski definition) is 6. The Hall–Kier alpha value is -3.94. The van der Waals surface area contributed by atoms with Crippen molar-refractivity contribution in [1.82, 2.24) is 19.2 Å². The zero-order chi connectivity index (χ0) is 25.1. The summed E-state index contributed by atoms with van der Waals surface area (Å²) >= 11 is 0. The van der Waals surface area contributed by atoms with Crippen LogP contribution in [0.1, 0.15) is 43.6 Å². The summed E-state index contributed by atoms with van der Waals surface area (Å²) in [6.45, 7) is 9.76. The first-order chi connectivity index (χ1) is 16.8. The minimum absolute atomic E-state index is 0.255. The topological polar surface area (TPSA) is 87.7 Å². The number of nitrogens with zero attached hydrogens (tertiary/aromatic N) is 4. The second-order valence-electron chi connectivity index (χ2n) is 8.51. The Morgan fingerprint density at radius 1 is 1.09 bits per heavy atom. The minimum atomic E-state index is -0.768. The molecule has 0 saturated carbocycles. The molecule has 1 aromatic carbocycles. The zero-order valence-electron chi connectivity index (χ0n) is 20.7. The second kappa shape index (κ2) is 10.1. The monoisotopic (exact) mass is 474 g/mol. The number of aromatic nitrogens is 4. The lowest BCUT2D eigenvalue weighted by Crippen LogP contribution is -2.30. The molecule has 182 valence electrons. The first-order valence-corrected chi connectivity index (χ1v) is 11.8. The average molecular weight is 475 g/mol. The van der Waals surface area contributed by atoms with Crippen LogP contribution in [0.15, 0.2) is 53.5 Å². The molecular formula is C27H30N4O4. The molecule has 0 saturated heterocycles. The highest BCUT2D eigenvalue weighted by Crippen LogP contribution is 2.25. The third-order valence-corrected chi connectivity index (χ3v) is 5.79. The minimum Gasteiger partial charge on any atom is -0.475 e. The lowest BCUT2D eigenvalue weighted by molar-refractivity contribution is -0.151. The van der Waals surface area contributed by atoms with Crippen molar-refractivity contribution >= 4 is 11.6 Å². The molecular weight excluding hydrogens is 444 g/mol. The van der Waals surface area contributed by atoms with Crippen LogP contribution in [-0.2, 0) is 9.53 Å².